The number of carbonyl (C=O) groups is 1. The van der Waals surface area contributed by atoms with Crippen molar-refractivity contribution in [3.63, 3.8) is 0 Å². The number of benzene rings is 2. The summed E-state index contributed by atoms with van der Waals surface area (Å²) < 4.78 is 42.5. The second kappa shape index (κ2) is 7.65. The Bertz CT molecular complexity index is 900. The molecule has 2 aromatic carbocycles. The molecule has 0 aromatic heterocycles. The van der Waals surface area contributed by atoms with Crippen molar-refractivity contribution in [2.45, 2.75) is 24.9 Å². The van der Waals surface area contributed by atoms with Crippen molar-refractivity contribution in [2.24, 2.45) is 0 Å². The fourth-order valence-electron chi connectivity index (χ4n) is 3.48. The molecule has 1 unspecified atom stereocenters. The van der Waals surface area contributed by atoms with Crippen LogP contribution in [0, 0.1) is 0 Å². The van der Waals surface area contributed by atoms with Crippen molar-refractivity contribution in [2.75, 3.05) is 23.3 Å². The standard InChI is InChI=1S/C19H16Cl3F3N2O/c1-11(28)26-17-3-2-15(9-16(17)22)27-5-4-18(10-27,19(23,24)25)12-6-13(20)8-14(21)7-12/h2-3,6-9H,4-5,10H2,1H3,(H,26,28). The Balaban J connectivity index is 1.96. The van der Waals surface area contributed by atoms with Crippen LogP contribution < -0.4 is 10.2 Å². The molecule has 0 radical (unpaired) electrons. The Morgan fingerprint density at radius 1 is 1.11 bits per heavy atom. The lowest BCUT2D eigenvalue weighted by Gasteiger charge is -2.33. The zero-order valence-corrected chi connectivity index (χ0v) is 17.0. The van der Waals surface area contributed by atoms with Gasteiger partial charge < -0.3 is 10.2 Å². The van der Waals surface area contributed by atoms with E-state index in [0.717, 1.165) is 0 Å². The molecule has 1 atom stereocenters. The lowest BCUT2D eigenvalue weighted by Crippen LogP contribution is -2.44. The molecule has 1 fully saturated rings. The first-order valence-corrected chi connectivity index (χ1v) is 9.51. The molecule has 0 spiro atoms. The minimum atomic E-state index is -4.49. The predicted molar refractivity (Wildman–Crippen MR) is 107 cm³/mol. The second-order valence-corrected chi connectivity index (χ2v) is 8.03. The Morgan fingerprint density at radius 2 is 1.75 bits per heavy atom. The van der Waals surface area contributed by atoms with Crippen LogP contribution in [-0.2, 0) is 10.2 Å². The third-order valence-electron chi connectivity index (χ3n) is 4.86. The number of hydrogen-bond acceptors (Lipinski definition) is 2. The molecule has 9 heteroatoms. The number of nitrogens with one attached hydrogen (secondary N) is 1. The SMILES string of the molecule is CC(=O)Nc1ccc(N2CCC(c3cc(Cl)cc(Cl)c3)(C(F)(F)F)C2)cc1Cl. The molecular weight excluding hydrogens is 436 g/mol. The Kier molecular flexibility index (Phi) is 5.76. The summed E-state index contributed by atoms with van der Waals surface area (Å²) in [6.07, 6.45) is -4.63. The van der Waals surface area contributed by atoms with Crippen molar-refractivity contribution < 1.29 is 18.0 Å². The van der Waals surface area contributed by atoms with Gasteiger partial charge in [0.25, 0.3) is 0 Å². The quantitative estimate of drug-likeness (QED) is 0.592. The van der Waals surface area contributed by atoms with Crippen molar-refractivity contribution in [1.82, 2.24) is 0 Å². The van der Waals surface area contributed by atoms with Crippen LogP contribution in [0.4, 0.5) is 24.5 Å². The number of nitrogens with zero attached hydrogens (tertiary/aromatic N) is 1. The first kappa shape index (κ1) is 21.1. The molecule has 1 amide bonds. The Hall–Kier alpha value is -1.63. The minimum Gasteiger partial charge on any atom is -0.370 e. The van der Waals surface area contributed by atoms with E-state index in [-0.39, 0.29) is 46.0 Å². The van der Waals surface area contributed by atoms with Crippen LogP contribution in [-0.4, -0.2) is 25.2 Å². The van der Waals surface area contributed by atoms with E-state index >= 15 is 0 Å². The van der Waals surface area contributed by atoms with E-state index in [1.807, 2.05) is 0 Å². The van der Waals surface area contributed by atoms with Crippen LogP contribution in [0.2, 0.25) is 15.1 Å². The maximum Gasteiger partial charge on any atom is 0.400 e. The number of halogens is 6. The normalized spacial score (nSPS) is 19.8. The summed E-state index contributed by atoms with van der Waals surface area (Å²) in [4.78, 5) is 12.8. The van der Waals surface area contributed by atoms with E-state index in [9.17, 15) is 18.0 Å². The van der Waals surface area contributed by atoms with Gasteiger partial charge in [0.05, 0.1) is 10.7 Å². The number of anilines is 2. The molecule has 2 aromatic rings. The fourth-order valence-corrected chi connectivity index (χ4v) is 4.23. The Labute approximate surface area is 175 Å². The van der Waals surface area contributed by atoms with E-state index in [2.05, 4.69) is 5.32 Å². The van der Waals surface area contributed by atoms with Crippen molar-refractivity contribution in [1.29, 1.82) is 0 Å². The maximum atomic E-state index is 14.2. The smallest absolute Gasteiger partial charge is 0.370 e. The van der Waals surface area contributed by atoms with Gasteiger partial charge in [0.2, 0.25) is 5.91 Å². The lowest BCUT2D eigenvalue weighted by molar-refractivity contribution is -0.184. The van der Waals surface area contributed by atoms with Gasteiger partial charge in [-0.2, -0.15) is 13.2 Å². The average molecular weight is 452 g/mol. The van der Waals surface area contributed by atoms with Gasteiger partial charge in [-0.05, 0) is 48.4 Å². The molecule has 0 saturated carbocycles. The number of amides is 1. The first-order chi connectivity index (χ1) is 13.0. The van der Waals surface area contributed by atoms with Crippen LogP contribution in [0.5, 0.6) is 0 Å². The van der Waals surface area contributed by atoms with Crippen molar-refractivity contribution in [3.8, 4) is 0 Å². The molecule has 1 N–H and O–H groups in total. The molecule has 1 aliphatic rings. The van der Waals surface area contributed by atoms with E-state index in [0.29, 0.717) is 11.4 Å². The number of rotatable bonds is 3. The maximum absolute atomic E-state index is 14.2. The van der Waals surface area contributed by atoms with Gasteiger partial charge >= 0.3 is 6.18 Å². The lowest BCUT2D eigenvalue weighted by atomic mass is 9.79. The van der Waals surface area contributed by atoms with Crippen LogP contribution in [0.25, 0.3) is 0 Å². The van der Waals surface area contributed by atoms with Gasteiger partial charge in [-0.25, -0.2) is 0 Å². The highest BCUT2D eigenvalue weighted by Crippen LogP contribution is 2.49. The van der Waals surface area contributed by atoms with Gasteiger partial charge in [-0.15, -0.1) is 0 Å². The first-order valence-electron chi connectivity index (χ1n) is 8.37. The van der Waals surface area contributed by atoms with Crippen LogP contribution in [0.15, 0.2) is 36.4 Å². The van der Waals surface area contributed by atoms with Gasteiger partial charge in [-0.3, -0.25) is 4.79 Å². The largest absolute Gasteiger partial charge is 0.400 e. The summed E-state index contributed by atoms with van der Waals surface area (Å²) in [6, 6.07) is 8.79. The van der Waals surface area contributed by atoms with E-state index in [1.54, 1.807) is 23.1 Å². The average Bonchev–Trinajstić information content (AvgIpc) is 3.02. The van der Waals surface area contributed by atoms with E-state index in [1.165, 1.54) is 25.1 Å². The minimum absolute atomic E-state index is 0.0426. The molecule has 3 rings (SSSR count). The van der Waals surface area contributed by atoms with E-state index in [4.69, 9.17) is 34.8 Å². The molecule has 28 heavy (non-hydrogen) atoms. The molecule has 1 saturated heterocycles. The monoisotopic (exact) mass is 450 g/mol. The highest BCUT2D eigenvalue weighted by Gasteiger charge is 2.59. The van der Waals surface area contributed by atoms with Crippen LogP contribution in [0.1, 0.15) is 18.9 Å². The number of carbonyl (C=O) groups excluding carboxylic acids is 1. The van der Waals surface area contributed by atoms with E-state index < -0.39 is 11.6 Å². The Morgan fingerprint density at radius 3 is 2.29 bits per heavy atom. The predicted octanol–water partition coefficient (Wildman–Crippen LogP) is 6.32. The van der Waals surface area contributed by atoms with Crippen molar-refractivity contribution in [3.05, 3.63) is 57.0 Å². The highest BCUT2D eigenvalue weighted by molar-refractivity contribution is 6.35. The third-order valence-corrected chi connectivity index (χ3v) is 5.60. The van der Waals surface area contributed by atoms with Gasteiger partial charge in [0, 0.05) is 35.7 Å². The summed E-state index contributed by atoms with van der Waals surface area (Å²) >= 11 is 18.1. The molecule has 150 valence electrons. The number of hydrogen-bond donors (Lipinski definition) is 1. The van der Waals surface area contributed by atoms with Crippen LogP contribution in [0.3, 0.4) is 0 Å². The van der Waals surface area contributed by atoms with Gasteiger partial charge in [-0.1, -0.05) is 34.8 Å². The van der Waals surface area contributed by atoms with Crippen LogP contribution >= 0.6 is 34.8 Å². The second-order valence-electron chi connectivity index (χ2n) is 6.75. The zero-order valence-electron chi connectivity index (χ0n) is 14.7. The molecule has 1 aliphatic heterocycles. The third kappa shape index (κ3) is 4.04. The molecule has 0 aliphatic carbocycles. The summed E-state index contributed by atoms with van der Waals surface area (Å²) in [6.45, 7) is 1.24. The number of alkyl halides is 3. The highest BCUT2D eigenvalue weighted by atomic mass is 35.5. The summed E-state index contributed by atoms with van der Waals surface area (Å²) in [5.41, 5.74) is -1.11. The molecule has 3 nitrogen and oxygen atoms in total. The summed E-state index contributed by atoms with van der Waals surface area (Å²) in [5, 5.41) is 3.14. The molecular formula is C19H16Cl3F3N2O. The molecule has 1 heterocycles. The van der Waals surface area contributed by atoms with Gasteiger partial charge in [0.1, 0.15) is 5.41 Å². The summed E-state index contributed by atoms with van der Waals surface area (Å²) in [5.74, 6) is -0.287. The summed E-state index contributed by atoms with van der Waals surface area (Å²) in [7, 11) is 0. The zero-order chi connectivity index (χ0) is 20.7. The van der Waals surface area contributed by atoms with Crippen molar-refractivity contribution >= 4 is 52.1 Å². The van der Waals surface area contributed by atoms with Gasteiger partial charge in [0.15, 0.2) is 0 Å². The topological polar surface area (TPSA) is 32.3 Å². The fraction of sp³-hybridized carbons (Fsp3) is 0.316. The molecule has 0 bridgehead atoms.